The number of aromatic nitrogens is 1. The van der Waals surface area contributed by atoms with Gasteiger partial charge in [0, 0.05) is 30.4 Å². The molecule has 0 aliphatic carbocycles. The number of hydrogen-bond acceptors (Lipinski definition) is 3. The zero-order valence-corrected chi connectivity index (χ0v) is 11.4. The minimum atomic E-state index is -0.143. The smallest absolute Gasteiger partial charge is 0.0747 e. The number of para-hydroxylation sites is 1. The van der Waals surface area contributed by atoms with Gasteiger partial charge in [0.25, 0.3) is 0 Å². The monoisotopic (exact) mass is 266 g/mol. The number of hydrogen-bond donors (Lipinski definition) is 1. The molecule has 1 N–H and O–H groups in total. The van der Waals surface area contributed by atoms with Crippen LogP contribution in [0.3, 0.4) is 0 Å². The Labute approximate surface area is 118 Å². The van der Waals surface area contributed by atoms with Gasteiger partial charge in [-0.2, -0.15) is 0 Å². The van der Waals surface area contributed by atoms with E-state index >= 15 is 0 Å². The van der Waals surface area contributed by atoms with Crippen molar-refractivity contribution in [3.05, 3.63) is 47.8 Å². The Morgan fingerprint density at radius 3 is 2.95 bits per heavy atom. The summed E-state index contributed by atoms with van der Waals surface area (Å²) in [4.78, 5) is 6.75. The van der Waals surface area contributed by atoms with Crippen LogP contribution in [0.25, 0.3) is 17.0 Å². The van der Waals surface area contributed by atoms with Gasteiger partial charge in [0.05, 0.1) is 11.6 Å². The first-order valence-electron chi connectivity index (χ1n) is 7.28. The molecule has 0 radical (unpaired) electrons. The Morgan fingerprint density at radius 2 is 2.15 bits per heavy atom. The number of rotatable bonds is 1. The molecule has 3 aliphatic rings. The second-order valence-electron chi connectivity index (χ2n) is 5.82. The highest BCUT2D eigenvalue weighted by atomic mass is 16.3. The third-order valence-electron chi connectivity index (χ3n) is 4.60. The normalized spacial score (nSPS) is 27.4. The van der Waals surface area contributed by atoms with Gasteiger partial charge in [-0.1, -0.05) is 18.2 Å². The van der Waals surface area contributed by atoms with Gasteiger partial charge in [0.15, 0.2) is 0 Å². The molecule has 3 saturated heterocycles. The summed E-state index contributed by atoms with van der Waals surface area (Å²) in [5.74, 6) is 0.444. The van der Waals surface area contributed by atoms with E-state index in [0.717, 1.165) is 31.4 Å². The topological polar surface area (TPSA) is 36.4 Å². The molecule has 1 aromatic carbocycles. The summed E-state index contributed by atoms with van der Waals surface area (Å²) in [6.45, 7) is 1.87. The molecule has 3 aliphatic heterocycles. The van der Waals surface area contributed by atoms with Crippen LogP contribution < -0.4 is 0 Å². The Bertz CT molecular complexity index is 674. The maximum Gasteiger partial charge on any atom is 0.0747 e. The first-order valence-corrected chi connectivity index (χ1v) is 7.28. The van der Waals surface area contributed by atoms with E-state index in [1.165, 1.54) is 16.6 Å². The number of benzene rings is 1. The summed E-state index contributed by atoms with van der Waals surface area (Å²) in [6.07, 6.45) is 6.13. The van der Waals surface area contributed by atoms with Crippen molar-refractivity contribution in [1.29, 1.82) is 0 Å². The molecule has 2 unspecified atom stereocenters. The van der Waals surface area contributed by atoms with Crippen LogP contribution in [-0.2, 0) is 0 Å². The van der Waals surface area contributed by atoms with Crippen LogP contribution in [0.1, 0.15) is 18.4 Å². The van der Waals surface area contributed by atoms with E-state index in [0.29, 0.717) is 5.92 Å². The molecule has 102 valence electrons. The van der Waals surface area contributed by atoms with Gasteiger partial charge in [-0.15, -0.1) is 0 Å². The second kappa shape index (κ2) is 4.60. The van der Waals surface area contributed by atoms with Crippen molar-refractivity contribution < 1.29 is 5.11 Å². The highest BCUT2D eigenvalue weighted by Gasteiger charge is 2.35. The lowest BCUT2D eigenvalue weighted by molar-refractivity contribution is 0.00257. The summed E-state index contributed by atoms with van der Waals surface area (Å²) >= 11 is 0. The molecule has 3 fully saturated rings. The Kier molecular flexibility index (Phi) is 2.74. The highest BCUT2D eigenvalue weighted by Crippen LogP contribution is 2.36. The minimum absolute atomic E-state index is 0.143. The quantitative estimate of drug-likeness (QED) is 0.862. The maximum atomic E-state index is 9.98. The fourth-order valence-electron chi connectivity index (χ4n) is 3.45. The molecule has 1 aromatic heterocycles. The van der Waals surface area contributed by atoms with E-state index in [2.05, 4.69) is 40.2 Å². The SMILES string of the molecule is OC1CN2CCC1CC2=Cc1ccnc2ccccc12. The van der Waals surface area contributed by atoms with Gasteiger partial charge in [-0.3, -0.25) is 4.98 Å². The lowest BCUT2D eigenvalue weighted by Crippen LogP contribution is -2.48. The minimum Gasteiger partial charge on any atom is -0.391 e. The van der Waals surface area contributed by atoms with Gasteiger partial charge in [-0.05, 0) is 42.5 Å². The second-order valence-corrected chi connectivity index (χ2v) is 5.82. The molecule has 2 atom stereocenters. The zero-order valence-electron chi connectivity index (χ0n) is 11.4. The van der Waals surface area contributed by atoms with Crippen molar-refractivity contribution >= 4 is 17.0 Å². The third-order valence-corrected chi connectivity index (χ3v) is 4.60. The molecular weight excluding hydrogens is 248 g/mol. The van der Waals surface area contributed by atoms with E-state index < -0.39 is 0 Å². The molecule has 2 bridgehead atoms. The molecule has 0 saturated carbocycles. The van der Waals surface area contributed by atoms with E-state index in [9.17, 15) is 5.11 Å². The summed E-state index contributed by atoms with van der Waals surface area (Å²) in [6, 6.07) is 10.3. The molecule has 2 aromatic rings. The number of fused-ring (bicyclic) bond motifs is 4. The van der Waals surface area contributed by atoms with Gasteiger partial charge in [-0.25, -0.2) is 0 Å². The Morgan fingerprint density at radius 1 is 1.25 bits per heavy atom. The predicted molar refractivity (Wildman–Crippen MR) is 80.0 cm³/mol. The van der Waals surface area contributed by atoms with Crippen molar-refractivity contribution in [3.63, 3.8) is 0 Å². The maximum absolute atomic E-state index is 9.98. The molecular formula is C17H18N2O. The van der Waals surface area contributed by atoms with E-state index in [4.69, 9.17) is 0 Å². The number of aliphatic hydroxyl groups excluding tert-OH is 1. The average Bonchev–Trinajstić information content (AvgIpc) is 2.49. The van der Waals surface area contributed by atoms with Crippen LogP contribution >= 0.6 is 0 Å². The van der Waals surface area contributed by atoms with Gasteiger partial charge in [0.2, 0.25) is 0 Å². The van der Waals surface area contributed by atoms with Crippen LogP contribution in [0.5, 0.6) is 0 Å². The summed E-state index contributed by atoms with van der Waals surface area (Å²) in [5.41, 5.74) is 3.63. The fourth-order valence-corrected chi connectivity index (χ4v) is 3.45. The molecule has 20 heavy (non-hydrogen) atoms. The third kappa shape index (κ3) is 1.90. The molecule has 3 heteroatoms. The van der Waals surface area contributed by atoms with Crippen molar-refractivity contribution in [2.45, 2.75) is 18.9 Å². The number of pyridine rings is 1. The van der Waals surface area contributed by atoms with E-state index in [1.807, 2.05) is 12.3 Å². The van der Waals surface area contributed by atoms with Gasteiger partial charge >= 0.3 is 0 Å². The molecule has 3 nitrogen and oxygen atoms in total. The molecule has 0 spiro atoms. The van der Waals surface area contributed by atoms with Gasteiger partial charge in [0.1, 0.15) is 0 Å². The number of allylic oxidation sites excluding steroid dienone is 1. The van der Waals surface area contributed by atoms with Crippen LogP contribution in [-0.4, -0.2) is 34.2 Å². The summed E-state index contributed by atoms with van der Waals surface area (Å²) in [7, 11) is 0. The van der Waals surface area contributed by atoms with Crippen molar-refractivity contribution in [2.24, 2.45) is 5.92 Å². The highest BCUT2D eigenvalue weighted by molar-refractivity contribution is 5.87. The van der Waals surface area contributed by atoms with Crippen LogP contribution in [0.15, 0.2) is 42.2 Å². The lowest BCUT2D eigenvalue weighted by atomic mass is 9.83. The van der Waals surface area contributed by atoms with Crippen molar-refractivity contribution in [3.8, 4) is 0 Å². The van der Waals surface area contributed by atoms with E-state index in [-0.39, 0.29) is 6.10 Å². The van der Waals surface area contributed by atoms with E-state index in [1.54, 1.807) is 0 Å². The fraction of sp³-hybridized carbons (Fsp3) is 0.353. The van der Waals surface area contributed by atoms with Crippen LogP contribution in [0, 0.1) is 5.92 Å². The molecule has 5 rings (SSSR count). The Hall–Kier alpha value is -1.87. The first kappa shape index (κ1) is 11.9. The zero-order chi connectivity index (χ0) is 13.5. The largest absolute Gasteiger partial charge is 0.391 e. The predicted octanol–water partition coefficient (Wildman–Crippen LogP) is 2.66. The van der Waals surface area contributed by atoms with Crippen LogP contribution in [0.2, 0.25) is 0 Å². The summed E-state index contributed by atoms with van der Waals surface area (Å²) in [5, 5.41) is 11.2. The first-order chi connectivity index (χ1) is 9.81. The number of aliphatic hydroxyl groups is 1. The van der Waals surface area contributed by atoms with Crippen molar-refractivity contribution in [2.75, 3.05) is 13.1 Å². The number of nitrogens with zero attached hydrogens (tertiary/aromatic N) is 2. The van der Waals surface area contributed by atoms with Crippen molar-refractivity contribution in [1.82, 2.24) is 9.88 Å². The number of piperidine rings is 3. The summed E-state index contributed by atoms with van der Waals surface area (Å²) < 4.78 is 0. The van der Waals surface area contributed by atoms with Crippen LogP contribution in [0.4, 0.5) is 0 Å². The Balaban J connectivity index is 1.76. The lowest BCUT2D eigenvalue weighted by Gasteiger charge is -2.45. The molecule has 0 amide bonds. The van der Waals surface area contributed by atoms with Gasteiger partial charge < -0.3 is 10.0 Å². The molecule has 4 heterocycles. The standard InChI is InChI=1S/C17H18N2O/c20-17-11-19-8-6-13(17)10-14(19)9-12-5-7-18-16-4-2-1-3-15(12)16/h1-5,7,9,13,17,20H,6,8,10-11H2. The average molecular weight is 266 g/mol.